The molecule has 4 atom stereocenters. The second-order valence-corrected chi connectivity index (χ2v) is 9.64. The molecule has 0 aliphatic heterocycles. The van der Waals surface area contributed by atoms with Crippen molar-refractivity contribution in [1.82, 2.24) is 14.9 Å². The summed E-state index contributed by atoms with van der Waals surface area (Å²) in [5.41, 5.74) is 5.23. The van der Waals surface area contributed by atoms with Crippen molar-refractivity contribution in [2.75, 3.05) is 0 Å². The van der Waals surface area contributed by atoms with E-state index in [1.807, 2.05) is 55.5 Å². The van der Waals surface area contributed by atoms with Crippen molar-refractivity contribution in [3.05, 3.63) is 88.6 Å². The summed E-state index contributed by atoms with van der Waals surface area (Å²) in [6.07, 6.45) is 3.42. The lowest BCUT2D eigenvalue weighted by Gasteiger charge is -2.47. The molecule has 0 amide bonds. The Bertz CT molecular complexity index is 1340. The van der Waals surface area contributed by atoms with Gasteiger partial charge in [-0.15, -0.1) is 0 Å². The number of Topliss-reactive ketones (excluding diaryl/α,β-unsaturated/α-hetero) is 1. The summed E-state index contributed by atoms with van der Waals surface area (Å²) in [4.78, 5) is 12.9. The number of fused-ring (bicyclic) bond motifs is 3. The molecule has 34 heavy (non-hydrogen) atoms. The van der Waals surface area contributed by atoms with E-state index in [0.717, 1.165) is 46.5 Å². The average molecular weight is 472 g/mol. The van der Waals surface area contributed by atoms with Crippen LogP contribution < -0.4 is 4.72 Å². The molecule has 7 nitrogen and oxygen atoms in total. The number of aromatic nitrogens is 2. The van der Waals surface area contributed by atoms with Crippen molar-refractivity contribution < 1.29 is 13.6 Å². The molecule has 0 saturated heterocycles. The number of hydrogen-bond donors (Lipinski definition) is 2. The van der Waals surface area contributed by atoms with Crippen LogP contribution in [-0.4, -0.2) is 24.7 Å². The Hall–Kier alpha value is -3.38. The molecule has 0 saturated carbocycles. The molecule has 2 N–H and O–H groups in total. The summed E-state index contributed by atoms with van der Waals surface area (Å²) in [5, 5.41) is 17.7. The smallest absolute Gasteiger partial charge is 0.176 e. The number of allylic oxidation sites excluding steroid dienone is 2. The minimum absolute atomic E-state index is 0.0155. The Labute approximate surface area is 200 Å². The van der Waals surface area contributed by atoms with Gasteiger partial charge in [0.25, 0.3) is 0 Å². The van der Waals surface area contributed by atoms with Crippen molar-refractivity contribution in [1.29, 1.82) is 5.26 Å². The van der Waals surface area contributed by atoms with Crippen LogP contribution >= 0.6 is 0 Å². The maximum Gasteiger partial charge on any atom is 0.176 e. The molecule has 1 heterocycles. The topological polar surface area (TPSA) is 122 Å². The maximum absolute atomic E-state index is 12.9. The summed E-state index contributed by atoms with van der Waals surface area (Å²) in [6, 6.07) is 19.8. The van der Waals surface area contributed by atoms with Crippen LogP contribution in [0.2, 0.25) is 0 Å². The van der Waals surface area contributed by atoms with Gasteiger partial charge in [0.2, 0.25) is 0 Å². The van der Waals surface area contributed by atoms with Crippen molar-refractivity contribution in [2.24, 2.45) is 11.8 Å². The van der Waals surface area contributed by atoms with Crippen LogP contribution in [-0.2, 0) is 34.4 Å². The predicted octanol–water partition coefficient (Wildman–Crippen LogP) is 3.48. The molecule has 1 aromatic heterocycles. The van der Waals surface area contributed by atoms with E-state index in [9.17, 15) is 18.8 Å². The third kappa shape index (κ3) is 3.53. The number of hydrogen-bond acceptors (Lipinski definition) is 5. The third-order valence-electron chi connectivity index (χ3n) is 7.22. The highest BCUT2D eigenvalue weighted by Gasteiger charge is 2.53. The number of nitrogens with one attached hydrogen (secondary N) is 2. The van der Waals surface area contributed by atoms with Crippen LogP contribution in [0.5, 0.6) is 0 Å². The molecule has 172 valence electrons. The first-order chi connectivity index (χ1) is 16.5. The maximum atomic E-state index is 12.9. The van der Waals surface area contributed by atoms with E-state index in [1.54, 1.807) is 0 Å². The number of nitrogens with zero attached hydrogens (tertiary/aromatic N) is 2. The van der Waals surface area contributed by atoms with Gasteiger partial charge in [0.1, 0.15) is 6.07 Å². The molecule has 2 aromatic carbocycles. The Morgan fingerprint density at radius 2 is 1.97 bits per heavy atom. The molecule has 8 heteroatoms. The molecule has 5 rings (SSSR count). The van der Waals surface area contributed by atoms with Gasteiger partial charge >= 0.3 is 0 Å². The van der Waals surface area contributed by atoms with E-state index in [1.165, 1.54) is 0 Å². The normalized spacial score (nSPS) is 24.5. The molecule has 2 aliphatic carbocycles. The number of benzene rings is 2. The Kier molecular flexibility index (Phi) is 5.78. The van der Waals surface area contributed by atoms with E-state index in [-0.39, 0.29) is 29.7 Å². The van der Waals surface area contributed by atoms with Gasteiger partial charge in [-0.05, 0) is 36.0 Å². The average Bonchev–Trinajstić information content (AvgIpc) is 3.30. The summed E-state index contributed by atoms with van der Waals surface area (Å²) in [7, 11) is 0. The zero-order valence-corrected chi connectivity index (χ0v) is 19.4. The van der Waals surface area contributed by atoms with E-state index < -0.39 is 16.7 Å². The highest BCUT2D eigenvalue weighted by atomic mass is 32.2. The molecular weight excluding hydrogens is 448 g/mol. The zero-order valence-electron chi connectivity index (χ0n) is 18.6. The molecule has 0 spiro atoms. The lowest BCUT2D eigenvalue weighted by atomic mass is 9.54. The standard InChI is InChI=1S/C26H24N4O3S/c1-16-22-12-11-21-23(18-9-7-17(8-10-18)15-28-34(32)33)29-30-25(21)26(22,13-19(14-27)24(16)31)20-5-3-2-4-6-20/h2-10,13,16,22,28H,11-12,15H2,1H3,(H,29,30)(H,32,33)/p-1/t16-,22?,26+/m0/s1. The van der Waals surface area contributed by atoms with Crippen molar-refractivity contribution in [3.63, 3.8) is 0 Å². The molecule has 0 fully saturated rings. The lowest BCUT2D eigenvalue weighted by Crippen LogP contribution is -2.48. The molecule has 0 radical (unpaired) electrons. The number of nitriles is 1. The zero-order chi connectivity index (χ0) is 23.9. The second-order valence-electron chi connectivity index (χ2n) is 8.88. The second kappa shape index (κ2) is 8.76. The first-order valence-corrected chi connectivity index (χ1v) is 12.3. The van der Waals surface area contributed by atoms with Gasteiger partial charge in [-0.25, -0.2) is 4.72 Å². The summed E-state index contributed by atoms with van der Waals surface area (Å²) < 4.78 is 23.9. The van der Waals surface area contributed by atoms with E-state index in [2.05, 4.69) is 28.0 Å². The van der Waals surface area contributed by atoms with Crippen LogP contribution in [0, 0.1) is 23.2 Å². The van der Waals surface area contributed by atoms with Crippen molar-refractivity contribution in [2.45, 2.75) is 31.7 Å². The highest BCUT2D eigenvalue weighted by Crippen LogP contribution is 2.54. The highest BCUT2D eigenvalue weighted by molar-refractivity contribution is 7.77. The van der Waals surface area contributed by atoms with Gasteiger partial charge in [0.05, 0.1) is 22.4 Å². The fourth-order valence-electron chi connectivity index (χ4n) is 5.62. The van der Waals surface area contributed by atoms with Crippen LogP contribution in [0.15, 0.2) is 66.2 Å². The molecular formula is C26H23N4O3S-. The van der Waals surface area contributed by atoms with E-state index in [0.29, 0.717) is 0 Å². The Morgan fingerprint density at radius 3 is 2.65 bits per heavy atom. The number of H-pyrrole nitrogens is 1. The van der Waals surface area contributed by atoms with E-state index in [4.69, 9.17) is 5.10 Å². The fraction of sp³-hybridized carbons (Fsp3) is 0.269. The van der Waals surface area contributed by atoms with Gasteiger partial charge in [0, 0.05) is 34.9 Å². The third-order valence-corrected chi connectivity index (χ3v) is 7.60. The predicted molar refractivity (Wildman–Crippen MR) is 127 cm³/mol. The van der Waals surface area contributed by atoms with Gasteiger partial charge in [0.15, 0.2) is 5.78 Å². The number of carbonyl (C=O) groups is 1. The van der Waals surface area contributed by atoms with Crippen LogP contribution in [0.3, 0.4) is 0 Å². The summed E-state index contributed by atoms with van der Waals surface area (Å²) in [6.45, 7) is 2.15. The van der Waals surface area contributed by atoms with Gasteiger partial charge in [-0.1, -0.05) is 61.5 Å². The van der Waals surface area contributed by atoms with Crippen molar-refractivity contribution in [3.8, 4) is 17.3 Å². The Morgan fingerprint density at radius 1 is 1.24 bits per heavy atom. The monoisotopic (exact) mass is 471 g/mol. The molecule has 2 aliphatic rings. The van der Waals surface area contributed by atoms with Gasteiger partial charge in [-0.2, -0.15) is 10.4 Å². The number of carbonyl (C=O) groups excluding carboxylic acids is 1. The first-order valence-electron chi connectivity index (χ1n) is 11.2. The molecule has 0 bridgehead atoms. The van der Waals surface area contributed by atoms with Crippen molar-refractivity contribution >= 4 is 17.0 Å². The van der Waals surface area contributed by atoms with Gasteiger partial charge in [-0.3, -0.25) is 14.1 Å². The fourth-order valence-corrected chi connectivity index (χ4v) is 5.90. The SMILES string of the molecule is C[C@@H]1C(=O)C(C#N)=C[C@]2(c3ccccc3)c3[nH]nc(-c4ccc(CNS(=O)[O-])cc4)c3CCC12. The quantitative estimate of drug-likeness (QED) is 0.552. The van der Waals surface area contributed by atoms with Crippen LogP contribution in [0.1, 0.15) is 35.7 Å². The van der Waals surface area contributed by atoms with Gasteiger partial charge < -0.3 is 4.55 Å². The number of ketones is 1. The number of rotatable bonds is 5. The number of aromatic amines is 1. The van der Waals surface area contributed by atoms with Crippen LogP contribution in [0.25, 0.3) is 11.3 Å². The van der Waals surface area contributed by atoms with E-state index >= 15 is 0 Å². The minimum atomic E-state index is -2.31. The lowest BCUT2D eigenvalue weighted by molar-refractivity contribution is -0.121. The largest absolute Gasteiger partial charge is 0.760 e. The summed E-state index contributed by atoms with van der Waals surface area (Å²) >= 11 is -2.31. The Balaban J connectivity index is 1.64. The molecule has 2 unspecified atom stereocenters. The van der Waals surface area contributed by atoms with Crippen LogP contribution in [0.4, 0.5) is 0 Å². The first kappa shape index (κ1) is 22.4. The minimum Gasteiger partial charge on any atom is -0.760 e. The molecule has 3 aromatic rings. The summed E-state index contributed by atoms with van der Waals surface area (Å²) in [5.74, 6) is -0.356.